The van der Waals surface area contributed by atoms with Crippen LogP contribution in [0.15, 0.2) is 24.3 Å². The first kappa shape index (κ1) is 16.3. The minimum atomic E-state index is -0.472. The summed E-state index contributed by atoms with van der Waals surface area (Å²) in [7, 11) is 9.75. The Labute approximate surface area is 99.6 Å². The van der Waals surface area contributed by atoms with Gasteiger partial charge >= 0.3 is 35.3 Å². The first-order chi connectivity index (χ1) is 6.28. The fraction of sp³-hybridized carbons (Fsp3) is 0.125. The van der Waals surface area contributed by atoms with Crippen molar-refractivity contribution >= 4 is 18.8 Å². The van der Waals surface area contributed by atoms with Crippen LogP contribution in [0.2, 0.25) is 0 Å². The molecule has 0 aromatic heterocycles. The molecule has 0 saturated carbocycles. The summed E-state index contributed by atoms with van der Waals surface area (Å²) in [5, 5.41) is 17.1. The van der Waals surface area contributed by atoms with E-state index in [0.29, 0.717) is 5.56 Å². The van der Waals surface area contributed by atoms with Crippen LogP contribution in [0.25, 0.3) is 0 Å². The monoisotopic (exact) mass is 415 g/mol. The number of aliphatic hydroxyl groups excluding tert-OH is 1. The van der Waals surface area contributed by atoms with Crippen molar-refractivity contribution < 1.29 is 21.6 Å². The molecule has 1 aromatic rings. The Bertz CT molecular complexity index is 291. The average molecular weight is 416 g/mol. The molecule has 0 atom stereocenters. The number of hydrogen-bond donors (Lipinski definition) is 2. The van der Waals surface area contributed by atoms with Crippen molar-refractivity contribution in [2.75, 3.05) is 0 Å². The molecule has 0 radical (unpaired) electrons. The molecule has 82 valence electrons. The quantitative estimate of drug-likeness (QED) is 0.739. The molecule has 4 N–H and O–H groups in total. The fourth-order valence-electron chi connectivity index (χ4n) is 0.739. The van der Waals surface area contributed by atoms with E-state index < -0.39 is 16.5 Å². The van der Waals surface area contributed by atoms with Crippen LogP contribution < -0.4 is 6.15 Å². The van der Waals surface area contributed by atoms with Crippen LogP contribution >= 0.6 is 18.8 Å². The molecule has 1 aromatic carbocycles. The summed E-state index contributed by atoms with van der Waals surface area (Å²) in [5.74, 6) is 0. The van der Waals surface area contributed by atoms with E-state index >= 15 is 0 Å². The standard InChI is InChI=1S/C8H7NO.2ClH.H3N.Pt/c9-5-7-2-1-3-8(4-7)6-10;;;;/h1-4,10H,6H2;2*1H;1H3;/q;;;;+2/p-2. The predicted molar refractivity (Wildman–Crippen MR) is 53.8 cm³/mol. The van der Waals surface area contributed by atoms with Gasteiger partial charge in [-0.25, -0.2) is 0 Å². The van der Waals surface area contributed by atoms with E-state index in [4.69, 9.17) is 29.2 Å². The van der Waals surface area contributed by atoms with Crippen LogP contribution in [-0.4, -0.2) is 5.11 Å². The first-order valence-corrected chi connectivity index (χ1v) is 8.83. The number of halogens is 2. The van der Waals surface area contributed by atoms with E-state index in [9.17, 15) is 0 Å². The SMILES string of the molecule is N.N#Cc1cccc(CO)c1.[Cl][Pt][Cl]. The number of benzene rings is 1. The number of nitrogens with zero attached hydrogens (tertiary/aromatic N) is 1. The molecule has 1 rings (SSSR count). The van der Waals surface area contributed by atoms with Crippen LogP contribution in [0.5, 0.6) is 0 Å². The summed E-state index contributed by atoms with van der Waals surface area (Å²) in [4.78, 5) is 0. The van der Waals surface area contributed by atoms with E-state index in [2.05, 4.69) is 0 Å². The Hall–Kier alpha value is -0.102. The number of hydrogen-bond acceptors (Lipinski definition) is 3. The predicted octanol–water partition coefficient (Wildman–Crippen LogP) is 2.59. The van der Waals surface area contributed by atoms with E-state index in [1.165, 1.54) is 0 Å². The summed E-state index contributed by atoms with van der Waals surface area (Å²) in [6.07, 6.45) is 0. The van der Waals surface area contributed by atoms with Gasteiger partial charge in [-0.05, 0) is 17.7 Å². The molecule has 0 heterocycles. The van der Waals surface area contributed by atoms with Crippen molar-refractivity contribution in [1.29, 1.82) is 5.26 Å². The average Bonchev–Trinajstić information content (AvgIpc) is 2.19. The Morgan fingerprint density at radius 3 is 2.43 bits per heavy atom. The van der Waals surface area contributed by atoms with Crippen molar-refractivity contribution in [2.24, 2.45) is 0 Å². The van der Waals surface area contributed by atoms with Crippen LogP contribution in [0, 0.1) is 11.3 Å². The van der Waals surface area contributed by atoms with Gasteiger partial charge in [-0.2, -0.15) is 5.26 Å². The van der Waals surface area contributed by atoms with Gasteiger partial charge in [0.15, 0.2) is 0 Å². The molecule has 0 amide bonds. The molecule has 0 aliphatic carbocycles. The van der Waals surface area contributed by atoms with Crippen molar-refractivity contribution in [3.63, 3.8) is 0 Å². The number of aliphatic hydroxyl groups is 1. The van der Waals surface area contributed by atoms with E-state index in [1.54, 1.807) is 24.3 Å². The Morgan fingerprint density at radius 1 is 1.43 bits per heavy atom. The normalized spacial score (nSPS) is 7.86. The summed E-state index contributed by atoms with van der Waals surface area (Å²) >= 11 is -0.472. The molecule has 0 unspecified atom stereocenters. The maximum absolute atomic E-state index is 8.65. The van der Waals surface area contributed by atoms with Gasteiger partial charge in [0.1, 0.15) is 0 Å². The third kappa shape index (κ3) is 7.32. The molecule has 0 saturated heterocycles. The molecule has 0 aliphatic rings. The Kier molecular flexibility index (Phi) is 12.8. The molecular formula is C8H10Cl2N2OPt. The molecule has 0 bridgehead atoms. The topological polar surface area (TPSA) is 79.0 Å². The Balaban J connectivity index is 0. The zero-order chi connectivity index (χ0) is 10.1. The summed E-state index contributed by atoms with van der Waals surface area (Å²) in [6.45, 7) is -0.00444. The van der Waals surface area contributed by atoms with Crippen LogP contribution in [-0.2, 0) is 23.1 Å². The van der Waals surface area contributed by atoms with Crippen LogP contribution in [0.1, 0.15) is 11.1 Å². The molecule has 14 heavy (non-hydrogen) atoms. The first-order valence-electron chi connectivity index (χ1n) is 3.20. The summed E-state index contributed by atoms with van der Waals surface area (Å²) < 4.78 is 0. The molecule has 0 fully saturated rings. The third-order valence-corrected chi connectivity index (χ3v) is 1.24. The van der Waals surface area contributed by atoms with Gasteiger partial charge in [-0.15, -0.1) is 0 Å². The summed E-state index contributed by atoms with van der Waals surface area (Å²) in [5.41, 5.74) is 1.37. The zero-order valence-corrected chi connectivity index (χ0v) is 11.0. The Morgan fingerprint density at radius 2 is 2.00 bits per heavy atom. The van der Waals surface area contributed by atoms with Gasteiger partial charge in [0.2, 0.25) is 0 Å². The van der Waals surface area contributed by atoms with Gasteiger partial charge in [0, 0.05) is 0 Å². The van der Waals surface area contributed by atoms with Gasteiger partial charge < -0.3 is 11.3 Å². The van der Waals surface area contributed by atoms with Gasteiger partial charge in [-0.3, -0.25) is 0 Å². The molecule has 3 nitrogen and oxygen atoms in total. The minimum absolute atomic E-state index is 0. The van der Waals surface area contributed by atoms with Crippen molar-refractivity contribution in [2.45, 2.75) is 6.61 Å². The number of nitriles is 1. The van der Waals surface area contributed by atoms with Crippen molar-refractivity contribution in [3.05, 3.63) is 35.4 Å². The van der Waals surface area contributed by atoms with Gasteiger partial charge in [-0.1, -0.05) is 12.1 Å². The molecule has 0 spiro atoms. The second-order valence-corrected chi connectivity index (χ2v) is 5.30. The third-order valence-electron chi connectivity index (χ3n) is 1.24. The van der Waals surface area contributed by atoms with Gasteiger partial charge in [0.25, 0.3) is 0 Å². The molecular weight excluding hydrogens is 406 g/mol. The second-order valence-electron chi connectivity index (χ2n) is 2.02. The zero-order valence-electron chi connectivity index (χ0n) is 7.19. The maximum atomic E-state index is 8.65. The fourth-order valence-corrected chi connectivity index (χ4v) is 0.739. The van der Waals surface area contributed by atoms with E-state index in [1.807, 2.05) is 6.07 Å². The van der Waals surface area contributed by atoms with Crippen molar-refractivity contribution in [1.82, 2.24) is 6.15 Å². The molecule has 0 aliphatic heterocycles. The van der Waals surface area contributed by atoms with Gasteiger partial charge in [0.05, 0.1) is 18.2 Å². The van der Waals surface area contributed by atoms with E-state index in [-0.39, 0.29) is 12.8 Å². The van der Waals surface area contributed by atoms with Crippen LogP contribution in [0.4, 0.5) is 0 Å². The number of rotatable bonds is 1. The van der Waals surface area contributed by atoms with E-state index in [0.717, 1.165) is 5.56 Å². The summed E-state index contributed by atoms with van der Waals surface area (Å²) in [6, 6.07) is 8.90. The van der Waals surface area contributed by atoms with Crippen LogP contribution in [0.3, 0.4) is 0 Å². The molecule has 6 heteroatoms. The second kappa shape index (κ2) is 11.0. The van der Waals surface area contributed by atoms with Crippen molar-refractivity contribution in [3.8, 4) is 6.07 Å².